The van der Waals surface area contributed by atoms with Gasteiger partial charge in [0.2, 0.25) is 17.8 Å². The van der Waals surface area contributed by atoms with Crippen LogP contribution >= 0.6 is 0 Å². The maximum atomic E-state index is 13.2. The van der Waals surface area contributed by atoms with Crippen LogP contribution in [0.15, 0.2) is 43.0 Å². The molecule has 29 heavy (non-hydrogen) atoms. The van der Waals surface area contributed by atoms with Crippen molar-refractivity contribution < 1.29 is 9.59 Å². The lowest BCUT2D eigenvalue weighted by Crippen LogP contribution is -2.53. The molecule has 0 radical (unpaired) electrons. The van der Waals surface area contributed by atoms with Gasteiger partial charge in [0.15, 0.2) is 0 Å². The van der Waals surface area contributed by atoms with E-state index in [2.05, 4.69) is 19.9 Å². The van der Waals surface area contributed by atoms with Crippen molar-refractivity contribution in [2.75, 3.05) is 44.7 Å². The Kier molecular flexibility index (Phi) is 5.42. The molecule has 0 spiro atoms. The van der Waals surface area contributed by atoms with E-state index in [0.29, 0.717) is 51.5 Å². The monoisotopic (exact) mass is 394 g/mol. The summed E-state index contributed by atoms with van der Waals surface area (Å²) in [6.45, 7) is 3.13. The highest BCUT2D eigenvalue weighted by Crippen LogP contribution is 2.48. The van der Waals surface area contributed by atoms with Gasteiger partial charge in [-0.3, -0.25) is 14.6 Å². The molecule has 2 aromatic rings. The van der Waals surface area contributed by atoms with E-state index in [1.807, 2.05) is 17.0 Å². The van der Waals surface area contributed by atoms with Gasteiger partial charge in [-0.1, -0.05) is 0 Å². The molecule has 0 N–H and O–H groups in total. The predicted molar refractivity (Wildman–Crippen MR) is 108 cm³/mol. The van der Waals surface area contributed by atoms with Crippen molar-refractivity contribution in [3.05, 3.63) is 48.5 Å². The molecule has 8 heteroatoms. The van der Waals surface area contributed by atoms with Crippen molar-refractivity contribution in [2.45, 2.75) is 19.3 Å². The lowest BCUT2D eigenvalue weighted by atomic mass is 10.0. The summed E-state index contributed by atoms with van der Waals surface area (Å²) >= 11 is 0. The van der Waals surface area contributed by atoms with Crippen LogP contribution in [0.25, 0.3) is 0 Å². The van der Waals surface area contributed by atoms with E-state index >= 15 is 0 Å². The van der Waals surface area contributed by atoms with Crippen LogP contribution < -0.4 is 4.90 Å². The number of amides is 2. The van der Waals surface area contributed by atoms with Gasteiger partial charge in [0.05, 0.1) is 0 Å². The number of carbonyl (C=O) groups is 2. The number of nitrogens with zero attached hydrogens (tertiary/aromatic N) is 6. The number of anilines is 1. The number of rotatable bonds is 6. The molecule has 1 saturated carbocycles. The highest BCUT2D eigenvalue weighted by atomic mass is 16.2. The standard InChI is InChI=1S/C21H26N6O2/c1-25(12-5-17-3-10-22-11-4-17)18(28)21(6-7-21)19(29)26-13-15-27(16-14-26)20-23-8-2-9-24-20/h2-4,8-11H,5-7,12-16H2,1H3. The molecule has 2 aliphatic rings. The van der Waals surface area contributed by atoms with Crippen molar-refractivity contribution in [3.63, 3.8) is 0 Å². The third kappa shape index (κ3) is 4.06. The Labute approximate surface area is 170 Å². The van der Waals surface area contributed by atoms with Gasteiger partial charge in [-0.25, -0.2) is 9.97 Å². The first-order valence-electron chi connectivity index (χ1n) is 10.1. The third-order valence-corrected chi connectivity index (χ3v) is 5.80. The largest absolute Gasteiger partial charge is 0.344 e. The van der Waals surface area contributed by atoms with Crippen LogP contribution in [-0.4, -0.2) is 76.3 Å². The van der Waals surface area contributed by atoms with E-state index in [4.69, 9.17) is 0 Å². The van der Waals surface area contributed by atoms with Crippen LogP contribution in [0.2, 0.25) is 0 Å². The van der Waals surface area contributed by atoms with E-state index in [9.17, 15) is 9.59 Å². The highest BCUT2D eigenvalue weighted by molar-refractivity contribution is 6.07. The molecular formula is C21H26N6O2. The fourth-order valence-electron chi connectivity index (χ4n) is 3.82. The summed E-state index contributed by atoms with van der Waals surface area (Å²) in [5.74, 6) is 0.616. The van der Waals surface area contributed by atoms with Crippen molar-refractivity contribution in [1.29, 1.82) is 0 Å². The molecule has 152 valence electrons. The summed E-state index contributed by atoms with van der Waals surface area (Å²) in [6, 6.07) is 5.69. The summed E-state index contributed by atoms with van der Waals surface area (Å²) < 4.78 is 0. The molecular weight excluding hydrogens is 368 g/mol. The predicted octanol–water partition coefficient (Wildman–Crippen LogP) is 1.00. The SMILES string of the molecule is CN(CCc1ccncc1)C(=O)C1(C(=O)N2CCN(c3ncccn3)CC2)CC1. The Balaban J connectivity index is 1.33. The van der Waals surface area contributed by atoms with Crippen molar-refractivity contribution >= 4 is 17.8 Å². The van der Waals surface area contributed by atoms with Gasteiger partial charge in [0.1, 0.15) is 5.41 Å². The summed E-state index contributed by atoms with van der Waals surface area (Å²) in [5, 5.41) is 0. The molecule has 1 aliphatic heterocycles. The average Bonchev–Trinajstić information content (AvgIpc) is 3.60. The summed E-state index contributed by atoms with van der Waals surface area (Å²) in [4.78, 5) is 44.4. The minimum absolute atomic E-state index is 0.0214. The molecule has 1 saturated heterocycles. The average molecular weight is 394 g/mol. The maximum Gasteiger partial charge on any atom is 0.238 e. The molecule has 8 nitrogen and oxygen atoms in total. The van der Waals surface area contributed by atoms with Crippen LogP contribution in [0, 0.1) is 5.41 Å². The smallest absolute Gasteiger partial charge is 0.238 e. The Morgan fingerprint density at radius 3 is 2.31 bits per heavy atom. The second-order valence-electron chi connectivity index (χ2n) is 7.74. The van der Waals surface area contributed by atoms with Crippen molar-refractivity contribution in [2.24, 2.45) is 5.41 Å². The number of piperazine rings is 1. The summed E-state index contributed by atoms with van der Waals surface area (Å²) in [6.07, 6.45) is 8.99. The quantitative estimate of drug-likeness (QED) is 0.680. The normalized spacial score (nSPS) is 17.7. The van der Waals surface area contributed by atoms with E-state index in [1.54, 1.807) is 42.8 Å². The highest BCUT2D eigenvalue weighted by Gasteiger charge is 2.59. The van der Waals surface area contributed by atoms with Crippen LogP contribution in [-0.2, 0) is 16.0 Å². The van der Waals surface area contributed by atoms with Gasteiger partial charge in [0, 0.05) is 64.6 Å². The summed E-state index contributed by atoms with van der Waals surface area (Å²) in [5.41, 5.74) is 0.286. The fraction of sp³-hybridized carbons (Fsp3) is 0.476. The van der Waals surface area contributed by atoms with Gasteiger partial charge in [0.25, 0.3) is 0 Å². The molecule has 4 rings (SSSR count). The fourth-order valence-corrected chi connectivity index (χ4v) is 3.82. The Bertz CT molecular complexity index is 848. The summed E-state index contributed by atoms with van der Waals surface area (Å²) in [7, 11) is 1.79. The molecule has 0 bridgehead atoms. The zero-order valence-electron chi connectivity index (χ0n) is 16.7. The second-order valence-corrected chi connectivity index (χ2v) is 7.74. The number of aromatic nitrogens is 3. The minimum Gasteiger partial charge on any atom is -0.344 e. The van der Waals surface area contributed by atoms with Crippen LogP contribution in [0.3, 0.4) is 0 Å². The molecule has 1 aliphatic carbocycles. The Morgan fingerprint density at radius 1 is 1.03 bits per heavy atom. The lowest BCUT2D eigenvalue weighted by Gasteiger charge is -2.36. The number of carbonyl (C=O) groups excluding carboxylic acids is 2. The first-order chi connectivity index (χ1) is 14.1. The number of pyridine rings is 1. The first kappa shape index (κ1) is 19.3. The molecule has 2 amide bonds. The maximum absolute atomic E-state index is 13.2. The van der Waals surface area contributed by atoms with E-state index in [-0.39, 0.29) is 11.8 Å². The van der Waals surface area contributed by atoms with Gasteiger partial charge < -0.3 is 14.7 Å². The van der Waals surface area contributed by atoms with Crippen LogP contribution in [0.5, 0.6) is 0 Å². The number of hydrogen-bond acceptors (Lipinski definition) is 6. The first-order valence-corrected chi connectivity index (χ1v) is 10.1. The molecule has 2 aromatic heterocycles. The second kappa shape index (κ2) is 8.14. The minimum atomic E-state index is -0.849. The number of likely N-dealkylation sites (N-methyl/N-ethyl adjacent to an activating group) is 1. The Morgan fingerprint density at radius 2 is 1.69 bits per heavy atom. The zero-order valence-corrected chi connectivity index (χ0v) is 16.7. The van der Waals surface area contributed by atoms with E-state index < -0.39 is 5.41 Å². The molecule has 0 aromatic carbocycles. The molecule has 3 heterocycles. The zero-order chi connectivity index (χ0) is 20.3. The van der Waals surface area contributed by atoms with E-state index in [1.165, 1.54) is 0 Å². The van der Waals surface area contributed by atoms with Crippen molar-refractivity contribution in [3.8, 4) is 0 Å². The van der Waals surface area contributed by atoms with Crippen molar-refractivity contribution in [1.82, 2.24) is 24.8 Å². The Hall–Kier alpha value is -3.03. The van der Waals surface area contributed by atoms with Gasteiger partial charge >= 0.3 is 0 Å². The van der Waals surface area contributed by atoms with Gasteiger partial charge in [-0.2, -0.15) is 0 Å². The molecule has 0 atom stereocenters. The third-order valence-electron chi connectivity index (χ3n) is 5.80. The number of hydrogen-bond donors (Lipinski definition) is 0. The molecule has 2 fully saturated rings. The topological polar surface area (TPSA) is 82.5 Å². The van der Waals surface area contributed by atoms with Crippen LogP contribution in [0.1, 0.15) is 18.4 Å². The van der Waals surface area contributed by atoms with Gasteiger partial charge in [-0.05, 0) is 43.0 Å². The van der Waals surface area contributed by atoms with E-state index in [0.717, 1.165) is 12.0 Å². The van der Waals surface area contributed by atoms with Crippen LogP contribution in [0.4, 0.5) is 5.95 Å². The molecule has 0 unspecified atom stereocenters. The van der Waals surface area contributed by atoms with Gasteiger partial charge in [-0.15, -0.1) is 0 Å². The lowest BCUT2D eigenvalue weighted by molar-refractivity contribution is -0.149.